The van der Waals surface area contributed by atoms with Crippen LogP contribution in [0.25, 0.3) is 33.7 Å². The molecular weight excluding hydrogens is 719 g/mol. The third-order valence-electron chi connectivity index (χ3n) is 9.93. The first-order chi connectivity index (χ1) is 26.1. The minimum Gasteiger partial charge on any atom is -0.668 e. The summed E-state index contributed by atoms with van der Waals surface area (Å²) in [5.74, 6) is -0.521. The first-order valence-corrected chi connectivity index (χ1v) is 20.8. The van der Waals surface area contributed by atoms with Gasteiger partial charge in [0.15, 0.2) is 0 Å². The Morgan fingerprint density at radius 1 is 0.618 bits per heavy atom. The molecule has 0 fully saturated rings. The monoisotopic (exact) mass is 787 g/mol. The molecule has 4 aromatic carbocycles. The third kappa shape index (κ3) is 18.6. The van der Waals surface area contributed by atoms with E-state index in [-0.39, 0.29) is 16.5 Å². The van der Waals surface area contributed by atoms with Crippen LogP contribution < -0.4 is 0 Å². The van der Waals surface area contributed by atoms with Crippen LogP contribution in [0.4, 0.5) is 0 Å². The molecule has 0 saturated carbocycles. The number of nitrogens with one attached hydrogen (secondary N) is 2. The van der Waals surface area contributed by atoms with E-state index in [2.05, 4.69) is 126 Å². The van der Waals surface area contributed by atoms with E-state index in [1.54, 1.807) is 22.3 Å². The van der Waals surface area contributed by atoms with Crippen LogP contribution in [0.3, 0.4) is 0 Å². The van der Waals surface area contributed by atoms with Crippen LogP contribution in [0, 0.1) is 12.3 Å². The van der Waals surface area contributed by atoms with Gasteiger partial charge in [0.2, 0.25) is 0 Å². The second-order valence-electron chi connectivity index (χ2n) is 14.6. The number of amides is 2. The Labute approximate surface area is 345 Å². The summed E-state index contributed by atoms with van der Waals surface area (Å²) < 4.78 is 0. The Morgan fingerprint density at radius 2 is 1.15 bits per heavy atom. The Kier molecular flexibility index (Phi) is 25.6. The summed E-state index contributed by atoms with van der Waals surface area (Å²) in [6.07, 6.45) is 21.1. The van der Waals surface area contributed by atoms with Gasteiger partial charge in [0.05, 0.1) is 0 Å². The van der Waals surface area contributed by atoms with Crippen LogP contribution in [0.2, 0.25) is 0 Å². The quantitative estimate of drug-likeness (QED) is 0.0508. The minimum absolute atomic E-state index is 0. The molecular formula is C50H69N2NiO2. The van der Waals surface area contributed by atoms with Crippen LogP contribution >= 0.6 is 0 Å². The predicted octanol–water partition coefficient (Wildman–Crippen LogP) is 14.8. The number of unbranched alkanes of at least 4 members (excludes halogenated alkanes) is 5. The Balaban J connectivity index is 0.00000153. The Bertz CT molecular complexity index is 1630. The van der Waals surface area contributed by atoms with Gasteiger partial charge in [-0.15, -0.1) is 0 Å². The van der Waals surface area contributed by atoms with Gasteiger partial charge in [-0.1, -0.05) is 170 Å². The molecule has 55 heavy (non-hydrogen) atoms. The summed E-state index contributed by atoms with van der Waals surface area (Å²) in [7, 11) is 0. The predicted molar refractivity (Wildman–Crippen MR) is 234 cm³/mol. The number of rotatable bonds is 20. The van der Waals surface area contributed by atoms with Crippen molar-refractivity contribution in [3.8, 4) is 22.3 Å². The van der Waals surface area contributed by atoms with Gasteiger partial charge >= 0.3 is 16.5 Å². The van der Waals surface area contributed by atoms with Crippen LogP contribution in [0.1, 0.15) is 146 Å². The van der Waals surface area contributed by atoms with Gasteiger partial charge in [-0.3, -0.25) is 0 Å². The second-order valence-corrected chi connectivity index (χ2v) is 14.6. The van der Waals surface area contributed by atoms with Crippen molar-refractivity contribution >= 4 is 11.8 Å². The molecule has 2 amide bonds. The fourth-order valence-electron chi connectivity index (χ4n) is 7.17. The summed E-state index contributed by atoms with van der Waals surface area (Å²) >= 11 is 0. The molecule has 1 radical (unpaired) electrons. The van der Waals surface area contributed by atoms with Crippen molar-refractivity contribution < 1.29 is 26.1 Å². The van der Waals surface area contributed by atoms with Gasteiger partial charge in [-0.05, 0) is 104 Å². The molecule has 4 aromatic rings. The number of hydrogen-bond acceptors (Lipinski definition) is 2. The van der Waals surface area contributed by atoms with E-state index in [0.29, 0.717) is 5.92 Å². The smallest absolute Gasteiger partial charge is 0.668 e. The average molecular weight is 789 g/mol. The maximum Gasteiger partial charge on any atom is 3.00 e. The van der Waals surface area contributed by atoms with E-state index in [1.807, 2.05) is 0 Å². The summed E-state index contributed by atoms with van der Waals surface area (Å²) in [6, 6.07) is 32.2. The molecule has 0 saturated heterocycles. The number of carbonyl (C=O) groups excluding carboxylic acids is 2. The summed E-state index contributed by atoms with van der Waals surface area (Å²) in [4.78, 5) is 18.2. The van der Waals surface area contributed by atoms with Crippen molar-refractivity contribution in [1.82, 2.24) is 0 Å². The van der Waals surface area contributed by atoms with Crippen LogP contribution in [0.5, 0.6) is 0 Å². The molecule has 0 bridgehead atoms. The molecule has 0 spiro atoms. The van der Waals surface area contributed by atoms with Gasteiger partial charge in [-0.25, -0.2) is 0 Å². The van der Waals surface area contributed by atoms with E-state index in [9.17, 15) is 0 Å². The van der Waals surface area contributed by atoms with Gasteiger partial charge < -0.3 is 21.1 Å². The Morgan fingerprint density at radius 3 is 1.69 bits per heavy atom. The molecule has 0 aliphatic rings. The Hall–Kier alpha value is -3.82. The number of carbonyl (C=O) groups is 2. The van der Waals surface area contributed by atoms with E-state index in [0.717, 1.165) is 19.3 Å². The van der Waals surface area contributed by atoms with Crippen molar-refractivity contribution in [2.24, 2.45) is 5.92 Å². The van der Waals surface area contributed by atoms with E-state index >= 15 is 0 Å². The standard InChI is InChI=1S/C46H61.2C2H5NO.Ni/c1-6-11-14-17-27-42-34-38(33-39(10-5)44(42)28-13-8-3)31-36(9-4)29-30-37-32-43(22-12-7-2)46(41-25-20-16-21-26-41)45(35-37)40-23-18-15-19-24-40;2*1-2(3)4;/h15-16,18-21,23-26,30,32-36H,6-14,17,22,27-29,31H2,1-5H3;2*1H3,(H2,3,4);/q-1;;;+3/p-2. The van der Waals surface area contributed by atoms with Gasteiger partial charge in [0.1, 0.15) is 0 Å². The summed E-state index contributed by atoms with van der Waals surface area (Å²) in [5.41, 5.74) is 26.7. The molecule has 5 heteroatoms. The zero-order valence-corrected chi connectivity index (χ0v) is 36.0. The van der Waals surface area contributed by atoms with Gasteiger partial charge in [0, 0.05) is 11.8 Å². The molecule has 4 rings (SSSR count). The van der Waals surface area contributed by atoms with E-state index < -0.39 is 11.8 Å². The fourth-order valence-corrected chi connectivity index (χ4v) is 7.17. The van der Waals surface area contributed by atoms with Crippen LogP contribution in [-0.4, -0.2) is 11.8 Å². The zero-order valence-electron chi connectivity index (χ0n) is 35.0. The SMILES string of the molecule is CC([NH-])=O.CC([NH-])=O.CCCCCCc1cc(CC(CC)C[CH-]c2cc(CCCC)c(-c3ccccc3)c(-c3ccccc3)c2)cc(CC)c1CCCC.[Ni+3]. The van der Waals surface area contributed by atoms with E-state index in [1.165, 1.54) is 124 Å². The average Bonchev–Trinajstić information content (AvgIpc) is 3.16. The largest absolute Gasteiger partial charge is 3.00 e. The topological polar surface area (TPSA) is 81.7 Å². The summed E-state index contributed by atoms with van der Waals surface area (Å²) in [5, 5.41) is 0. The minimum atomic E-state index is -0.583. The first-order valence-electron chi connectivity index (χ1n) is 20.8. The molecule has 1 atom stereocenters. The molecule has 1 unspecified atom stereocenters. The van der Waals surface area contributed by atoms with Gasteiger partial charge in [-0.2, -0.15) is 24.1 Å². The molecule has 0 heterocycles. The first kappa shape index (κ1) is 49.2. The van der Waals surface area contributed by atoms with Crippen molar-refractivity contribution in [1.29, 1.82) is 0 Å². The van der Waals surface area contributed by atoms with Crippen LogP contribution in [0.15, 0.2) is 84.9 Å². The van der Waals surface area contributed by atoms with Crippen LogP contribution in [-0.2, 0) is 58.2 Å². The molecule has 4 nitrogen and oxygen atoms in total. The molecule has 2 N–H and O–H groups in total. The third-order valence-corrected chi connectivity index (χ3v) is 9.93. The van der Waals surface area contributed by atoms with Crippen molar-refractivity contribution in [2.75, 3.05) is 0 Å². The number of benzene rings is 4. The fraction of sp³-hybridized carbons (Fsp3) is 0.460. The summed E-state index contributed by atoms with van der Waals surface area (Å²) in [6.45, 7) is 14.1. The molecule has 0 aromatic heterocycles. The van der Waals surface area contributed by atoms with Crippen molar-refractivity contribution in [2.45, 2.75) is 145 Å². The molecule has 301 valence electrons. The number of aryl methyl sites for hydroxylation is 3. The normalized spacial score (nSPS) is 10.9. The van der Waals surface area contributed by atoms with Crippen molar-refractivity contribution in [3.05, 3.63) is 136 Å². The maximum absolute atomic E-state index is 9.11. The molecule has 0 aliphatic carbocycles. The maximum atomic E-state index is 9.11. The zero-order chi connectivity index (χ0) is 39.7. The van der Waals surface area contributed by atoms with E-state index in [4.69, 9.17) is 21.1 Å². The number of hydrogen-bond donors (Lipinski definition) is 0. The molecule has 0 aliphatic heterocycles. The second kappa shape index (κ2) is 28.6. The van der Waals surface area contributed by atoms with Gasteiger partial charge in [0.25, 0.3) is 0 Å². The van der Waals surface area contributed by atoms with Crippen molar-refractivity contribution in [3.63, 3.8) is 0 Å².